The van der Waals surface area contributed by atoms with Crippen molar-refractivity contribution in [3.63, 3.8) is 0 Å². The number of aliphatic carboxylic acids is 1. The van der Waals surface area contributed by atoms with Crippen LogP contribution in [0.4, 0.5) is 26.3 Å². The summed E-state index contributed by atoms with van der Waals surface area (Å²) in [5, 5.41) is 11.3. The van der Waals surface area contributed by atoms with Gasteiger partial charge in [0.25, 0.3) is 0 Å². The van der Waals surface area contributed by atoms with Crippen molar-refractivity contribution in [2.75, 3.05) is 0 Å². The Hall–Kier alpha value is -2.26. The van der Waals surface area contributed by atoms with Gasteiger partial charge in [-0.3, -0.25) is 4.79 Å². The van der Waals surface area contributed by atoms with Gasteiger partial charge in [-0.05, 0) is 30.2 Å². The fourth-order valence-corrected chi connectivity index (χ4v) is 2.58. The lowest BCUT2D eigenvalue weighted by molar-refractivity contribution is -0.143. The van der Waals surface area contributed by atoms with Crippen LogP contribution in [0.3, 0.4) is 0 Å². The Morgan fingerprint density at radius 1 is 0.964 bits per heavy atom. The lowest BCUT2D eigenvalue weighted by atomic mass is 10.0. The van der Waals surface area contributed by atoms with Crippen molar-refractivity contribution in [2.24, 2.45) is 0 Å². The maximum Gasteiger partial charge on any atom is 0.416 e. The highest BCUT2D eigenvalue weighted by Crippen LogP contribution is 2.36. The molecule has 0 saturated heterocycles. The summed E-state index contributed by atoms with van der Waals surface area (Å²) in [6.45, 7) is 1.96. The Bertz CT molecular complexity index is 653. The van der Waals surface area contributed by atoms with Crippen molar-refractivity contribution in [1.29, 1.82) is 0 Å². The second kappa shape index (κ2) is 9.79. The van der Waals surface area contributed by atoms with Crippen LogP contribution in [0.25, 0.3) is 0 Å². The number of benzene rings is 1. The average Bonchev–Trinajstić information content (AvgIpc) is 2.55. The van der Waals surface area contributed by atoms with Crippen LogP contribution < -0.4 is 5.32 Å². The van der Waals surface area contributed by atoms with Gasteiger partial charge in [0.05, 0.1) is 17.5 Å². The summed E-state index contributed by atoms with van der Waals surface area (Å²) in [5.41, 5.74) is -3.56. The van der Waals surface area contributed by atoms with Crippen LogP contribution in [0.1, 0.15) is 55.7 Å². The maximum atomic E-state index is 12.8. The number of carbonyl (C=O) groups is 2. The standard InChI is InChI=1S/C18H21F6NO3/c1-2-3-4-5-6-14(16(27)28)25-15(26)9-11-7-12(17(19,20)21)10-13(8-11)18(22,23)24/h7-8,10,14H,2-6,9H2,1H3,(H,25,26)(H,27,28)/t14-/m1/s1. The number of alkyl halides is 6. The molecule has 0 aliphatic rings. The largest absolute Gasteiger partial charge is 0.480 e. The Morgan fingerprint density at radius 3 is 1.93 bits per heavy atom. The first-order valence-corrected chi connectivity index (χ1v) is 8.65. The van der Waals surface area contributed by atoms with Gasteiger partial charge in [0.15, 0.2) is 0 Å². The average molecular weight is 413 g/mol. The third-order valence-electron chi connectivity index (χ3n) is 3.99. The van der Waals surface area contributed by atoms with Crippen LogP contribution in [0.15, 0.2) is 18.2 Å². The minimum Gasteiger partial charge on any atom is -0.480 e. The fourth-order valence-electron chi connectivity index (χ4n) is 2.58. The molecule has 0 aliphatic heterocycles. The first-order chi connectivity index (χ1) is 12.8. The molecule has 1 aromatic carbocycles. The first-order valence-electron chi connectivity index (χ1n) is 8.65. The van der Waals surface area contributed by atoms with E-state index in [0.717, 1.165) is 19.3 Å². The first kappa shape index (κ1) is 23.8. The molecule has 1 aromatic rings. The van der Waals surface area contributed by atoms with E-state index in [1.165, 1.54) is 0 Å². The topological polar surface area (TPSA) is 66.4 Å². The van der Waals surface area contributed by atoms with Crippen molar-refractivity contribution in [3.05, 3.63) is 34.9 Å². The predicted molar refractivity (Wildman–Crippen MR) is 88.5 cm³/mol. The lowest BCUT2D eigenvalue weighted by Gasteiger charge is -2.16. The van der Waals surface area contributed by atoms with E-state index in [9.17, 15) is 35.9 Å². The van der Waals surface area contributed by atoms with Gasteiger partial charge in [0.2, 0.25) is 5.91 Å². The minimum absolute atomic E-state index is 0.0326. The maximum absolute atomic E-state index is 12.8. The van der Waals surface area contributed by atoms with Gasteiger partial charge < -0.3 is 10.4 Å². The molecule has 0 bridgehead atoms. The number of unbranched alkanes of at least 4 members (excludes halogenated alkanes) is 3. The highest BCUT2D eigenvalue weighted by Gasteiger charge is 2.37. The highest BCUT2D eigenvalue weighted by atomic mass is 19.4. The van der Waals surface area contributed by atoms with E-state index in [4.69, 9.17) is 5.11 Å². The molecule has 0 unspecified atom stereocenters. The number of carboxylic acids is 1. The molecule has 0 fully saturated rings. The summed E-state index contributed by atoms with van der Waals surface area (Å²) in [7, 11) is 0. The number of carbonyl (C=O) groups excluding carboxylic acids is 1. The second-order valence-electron chi connectivity index (χ2n) is 6.40. The Morgan fingerprint density at radius 2 is 1.50 bits per heavy atom. The van der Waals surface area contributed by atoms with Crippen LogP contribution in [0.2, 0.25) is 0 Å². The van der Waals surface area contributed by atoms with Crippen LogP contribution >= 0.6 is 0 Å². The molecule has 1 atom stereocenters. The van der Waals surface area contributed by atoms with Gasteiger partial charge in [-0.25, -0.2) is 4.79 Å². The molecule has 1 amide bonds. The number of nitrogens with one attached hydrogen (secondary N) is 1. The van der Waals surface area contributed by atoms with Crippen molar-refractivity contribution in [1.82, 2.24) is 5.32 Å². The number of rotatable bonds is 9. The van der Waals surface area contributed by atoms with Gasteiger partial charge in [-0.1, -0.05) is 32.6 Å². The molecule has 1 rings (SSSR count). The molecular weight excluding hydrogens is 392 g/mol. The highest BCUT2D eigenvalue weighted by molar-refractivity contribution is 5.84. The molecule has 158 valence electrons. The number of hydrogen-bond donors (Lipinski definition) is 2. The van der Waals surface area contributed by atoms with Gasteiger partial charge >= 0.3 is 18.3 Å². The van der Waals surface area contributed by atoms with Crippen LogP contribution in [0, 0.1) is 0 Å². The molecule has 0 heterocycles. The van der Waals surface area contributed by atoms with Crippen LogP contribution in [0.5, 0.6) is 0 Å². The number of halogens is 6. The zero-order chi connectivity index (χ0) is 21.5. The van der Waals surface area contributed by atoms with Crippen LogP contribution in [-0.4, -0.2) is 23.0 Å². The Balaban J connectivity index is 2.93. The summed E-state index contributed by atoms with van der Waals surface area (Å²) >= 11 is 0. The zero-order valence-corrected chi connectivity index (χ0v) is 15.1. The summed E-state index contributed by atoms with van der Waals surface area (Å²) in [5.74, 6) is -2.28. The lowest BCUT2D eigenvalue weighted by Crippen LogP contribution is -2.41. The summed E-state index contributed by atoms with van der Waals surface area (Å²) in [6.07, 6.45) is -7.65. The van der Waals surface area contributed by atoms with E-state index in [-0.39, 0.29) is 12.5 Å². The second-order valence-corrected chi connectivity index (χ2v) is 6.40. The molecule has 0 aromatic heterocycles. The smallest absolute Gasteiger partial charge is 0.416 e. The molecule has 4 nitrogen and oxygen atoms in total. The number of hydrogen-bond acceptors (Lipinski definition) is 2. The summed E-state index contributed by atoms with van der Waals surface area (Å²) in [6, 6.07) is -0.385. The Kier molecular flexibility index (Phi) is 8.31. The molecule has 0 radical (unpaired) electrons. The molecular formula is C18H21F6NO3. The Labute approximate surface area is 157 Å². The van der Waals surface area contributed by atoms with Gasteiger partial charge in [-0.15, -0.1) is 0 Å². The molecule has 10 heteroatoms. The van der Waals surface area contributed by atoms with Crippen molar-refractivity contribution < 1.29 is 41.0 Å². The third-order valence-corrected chi connectivity index (χ3v) is 3.99. The van der Waals surface area contributed by atoms with E-state index < -0.39 is 53.4 Å². The third kappa shape index (κ3) is 7.77. The predicted octanol–water partition coefficient (Wildman–Crippen LogP) is 4.81. The van der Waals surface area contributed by atoms with Gasteiger partial charge in [0.1, 0.15) is 6.04 Å². The normalized spacial score (nSPS) is 13.2. The van der Waals surface area contributed by atoms with E-state index in [2.05, 4.69) is 5.32 Å². The van der Waals surface area contributed by atoms with Gasteiger partial charge in [-0.2, -0.15) is 26.3 Å². The van der Waals surface area contributed by atoms with E-state index in [1.807, 2.05) is 6.92 Å². The van der Waals surface area contributed by atoms with Crippen molar-refractivity contribution in [2.45, 2.75) is 63.8 Å². The molecule has 28 heavy (non-hydrogen) atoms. The summed E-state index contributed by atoms with van der Waals surface area (Å²) < 4.78 is 77.1. The summed E-state index contributed by atoms with van der Waals surface area (Å²) in [4.78, 5) is 23.2. The molecule has 0 spiro atoms. The number of carboxylic acid groups (broad SMARTS) is 1. The van der Waals surface area contributed by atoms with Crippen molar-refractivity contribution >= 4 is 11.9 Å². The molecule has 0 aliphatic carbocycles. The van der Waals surface area contributed by atoms with Crippen LogP contribution in [-0.2, 0) is 28.4 Å². The molecule has 2 N–H and O–H groups in total. The molecule has 0 saturated carbocycles. The zero-order valence-electron chi connectivity index (χ0n) is 15.1. The van der Waals surface area contributed by atoms with E-state index in [0.29, 0.717) is 18.6 Å². The number of amides is 1. The van der Waals surface area contributed by atoms with E-state index in [1.54, 1.807) is 0 Å². The minimum atomic E-state index is -5.02. The van der Waals surface area contributed by atoms with Crippen molar-refractivity contribution in [3.8, 4) is 0 Å². The van der Waals surface area contributed by atoms with Gasteiger partial charge in [0, 0.05) is 0 Å². The fraction of sp³-hybridized carbons (Fsp3) is 0.556. The quantitative estimate of drug-likeness (QED) is 0.451. The van der Waals surface area contributed by atoms with E-state index >= 15 is 0 Å². The SMILES string of the molecule is CCCCCC[C@@H](NC(=O)Cc1cc(C(F)(F)F)cc(C(F)(F)F)c1)C(=O)O. The monoisotopic (exact) mass is 413 g/mol.